The standard InChI is InChI=1S/C26H29N7O8S2/c1-13-21(25(36)33-8-10-43(40)11-9-33)42-24(27-13)15-4-3-5-16(20(15)41-2)28-17-12-18(29-22(34)14-6-7-14)31-32-19(17)23(35)30-26(37,38)39/h3-5,12,14,37-39H,6-11H2,1-2H3,(H,30,35)(H2,28,29,31,34). The van der Waals surface area contributed by atoms with E-state index in [0.717, 1.165) is 12.8 Å². The molecule has 3 heterocycles. The van der Waals surface area contributed by atoms with Crippen molar-refractivity contribution >= 4 is 57.1 Å². The van der Waals surface area contributed by atoms with Gasteiger partial charge in [-0.1, -0.05) is 6.07 Å². The van der Waals surface area contributed by atoms with Crippen LogP contribution in [0.3, 0.4) is 0 Å². The van der Waals surface area contributed by atoms with E-state index in [2.05, 4.69) is 25.8 Å². The summed E-state index contributed by atoms with van der Waals surface area (Å²) < 4.78 is 17.4. The van der Waals surface area contributed by atoms with E-state index < -0.39 is 28.5 Å². The number of amides is 3. The largest absolute Gasteiger partial charge is 0.494 e. The van der Waals surface area contributed by atoms with Gasteiger partial charge in [-0.3, -0.25) is 23.9 Å². The van der Waals surface area contributed by atoms with E-state index in [1.165, 1.54) is 24.5 Å². The maximum Gasteiger partial charge on any atom is 0.369 e. The van der Waals surface area contributed by atoms with Gasteiger partial charge in [-0.2, -0.15) is 0 Å². The Morgan fingerprint density at radius 3 is 2.49 bits per heavy atom. The summed E-state index contributed by atoms with van der Waals surface area (Å²) in [6.45, 7) is 2.55. The van der Waals surface area contributed by atoms with Gasteiger partial charge in [-0.15, -0.1) is 21.5 Å². The zero-order valence-electron chi connectivity index (χ0n) is 23.1. The summed E-state index contributed by atoms with van der Waals surface area (Å²) in [7, 11) is 0.510. The molecule has 1 saturated carbocycles. The molecule has 1 saturated heterocycles. The van der Waals surface area contributed by atoms with Crippen molar-refractivity contribution < 1.29 is 38.6 Å². The quantitative estimate of drug-likeness (QED) is 0.178. The highest BCUT2D eigenvalue weighted by Gasteiger charge is 2.31. The number of thiazole rings is 1. The van der Waals surface area contributed by atoms with Crippen molar-refractivity contribution in [1.29, 1.82) is 0 Å². The second-order valence-electron chi connectivity index (χ2n) is 9.93. The molecule has 0 unspecified atom stereocenters. The molecule has 1 aliphatic heterocycles. The molecule has 2 fully saturated rings. The van der Waals surface area contributed by atoms with E-state index in [9.17, 15) is 33.9 Å². The Labute approximate surface area is 251 Å². The smallest absolute Gasteiger partial charge is 0.369 e. The predicted molar refractivity (Wildman–Crippen MR) is 156 cm³/mol. The van der Waals surface area contributed by atoms with Crippen LogP contribution in [0.4, 0.5) is 17.2 Å². The number of ether oxygens (including phenoxy) is 1. The highest BCUT2D eigenvalue weighted by Crippen LogP contribution is 2.41. The van der Waals surface area contributed by atoms with Gasteiger partial charge in [0.1, 0.15) is 9.88 Å². The normalized spacial score (nSPS) is 15.6. The molecule has 6 N–H and O–H groups in total. The van der Waals surface area contributed by atoms with Crippen LogP contribution in [0, 0.1) is 12.8 Å². The Morgan fingerprint density at radius 2 is 1.84 bits per heavy atom. The summed E-state index contributed by atoms with van der Waals surface area (Å²) in [6, 6.07) is 6.42. The molecule has 5 rings (SSSR count). The average Bonchev–Trinajstić information content (AvgIpc) is 3.74. The maximum absolute atomic E-state index is 13.2. The van der Waals surface area contributed by atoms with E-state index in [1.807, 2.05) is 0 Å². The van der Waals surface area contributed by atoms with Crippen LogP contribution in [0.5, 0.6) is 5.75 Å². The number of nitrogens with zero attached hydrogens (tertiary/aromatic N) is 4. The molecule has 3 amide bonds. The Morgan fingerprint density at radius 1 is 1.12 bits per heavy atom. The molecule has 1 aromatic carbocycles. The number of hydrogen-bond donors (Lipinski definition) is 6. The van der Waals surface area contributed by atoms with Gasteiger partial charge >= 0.3 is 6.10 Å². The lowest BCUT2D eigenvalue weighted by Crippen LogP contribution is -2.48. The molecular weight excluding hydrogens is 602 g/mol. The van der Waals surface area contributed by atoms with Crippen molar-refractivity contribution in [2.75, 3.05) is 42.3 Å². The monoisotopic (exact) mass is 631 g/mol. The van der Waals surface area contributed by atoms with Crippen LogP contribution in [0.1, 0.15) is 38.7 Å². The van der Waals surface area contributed by atoms with Gasteiger partial charge in [-0.25, -0.2) is 4.98 Å². The van der Waals surface area contributed by atoms with Crippen molar-refractivity contribution in [2.24, 2.45) is 5.92 Å². The van der Waals surface area contributed by atoms with E-state index in [-0.39, 0.29) is 29.2 Å². The van der Waals surface area contributed by atoms with Crippen LogP contribution in [0.25, 0.3) is 10.6 Å². The van der Waals surface area contributed by atoms with Crippen molar-refractivity contribution in [3.8, 4) is 16.3 Å². The molecule has 2 aliphatic rings. The Hall–Kier alpha value is -4.03. The van der Waals surface area contributed by atoms with Crippen molar-refractivity contribution in [3.05, 3.63) is 40.5 Å². The molecule has 0 bridgehead atoms. The fourth-order valence-electron chi connectivity index (χ4n) is 4.36. The number of benzene rings is 1. The van der Waals surface area contributed by atoms with Crippen LogP contribution in [0.2, 0.25) is 0 Å². The van der Waals surface area contributed by atoms with Gasteiger partial charge in [0, 0.05) is 47.4 Å². The first-order valence-corrected chi connectivity index (χ1v) is 15.5. The van der Waals surface area contributed by atoms with E-state index in [0.29, 0.717) is 57.2 Å². The van der Waals surface area contributed by atoms with Crippen LogP contribution in [0.15, 0.2) is 24.3 Å². The molecular formula is C26H29N7O8S2. The Kier molecular flexibility index (Phi) is 8.70. The zero-order valence-corrected chi connectivity index (χ0v) is 24.8. The minimum Gasteiger partial charge on any atom is -0.494 e. The third-order valence-electron chi connectivity index (χ3n) is 6.66. The maximum atomic E-state index is 13.2. The van der Waals surface area contributed by atoms with Crippen LogP contribution >= 0.6 is 11.3 Å². The summed E-state index contributed by atoms with van der Waals surface area (Å²) in [5, 5.41) is 43.2. The molecule has 0 atom stereocenters. The van der Waals surface area contributed by atoms with Gasteiger partial charge in [0.15, 0.2) is 17.3 Å². The van der Waals surface area contributed by atoms with E-state index in [4.69, 9.17) is 4.74 Å². The van der Waals surface area contributed by atoms with Gasteiger partial charge in [0.05, 0.1) is 29.7 Å². The van der Waals surface area contributed by atoms with Crippen LogP contribution < -0.4 is 20.7 Å². The number of para-hydroxylation sites is 1. The summed E-state index contributed by atoms with van der Waals surface area (Å²) >= 11 is 1.19. The fourth-order valence-corrected chi connectivity index (χ4v) is 6.47. The number of carbonyl (C=O) groups excluding carboxylic acids is 3. The summed E-state index contributed by atoms with van der Waals surface area (Å²) in [5.74, 6) is -0.538. The van der Waals surface area contributed by atoms with Crippen LogP contribution in [-0.2, 0) is 15.6 Å². The van der Waals surface area contributed by atoms with Crippen LogP contribution in [-0.4, -0.2) is 95.1 Å². The summed E-state index contributed by atoms with van der Waals surface area (Å²) in [5.41, 5.74) is 0.968. The summed E-state index contributed by atoms with van der Waals surface area (Å²) in [6.07, 6.45) is -2.01. The Balaban J connectivity index is 1.47. The molecule has 0 radical (unpaired) electrons. The van der Waals surface area contributed by atoms with Gasteiger partial charge < -0.3 is 35.6 Å². The number of nitrogens with one attached hydrogen (secondary N) is 3. The number of aromatic nitrogens is 3. The van der Waals surface area contributed by atoms with E-state index in [1.54, 1.807) is 35.3 Å². The summed E-state index contributed by atoms with van der Waals surface area (Å²) in [4.78, 5) is 45.0. The topological polar surface area (TPSA) is 216 Å². The molecule has 0 spiro atoms. The lowest BCUT2D eigenvalue weighted by atomic mass is 10.1. The van der Waals surface area contributed by atoms with Crippen molar-refractivity contribution in [1.82, 2.24) is 25.4 Å². The Bertz CT molecular complexity index is 1590. The lowest BCUT2D eigenvalue weighted by Gasteiger charge is -2.25. The number of carbonyl (C=O) groups is 3. The number of aryl methyl sites for hydroxylation is 1. The highest BCUT2D eigenvalue weighted by atomic mass is 32.2. The minimum atomic E-state index is -3.52. The molecule has 15 nitrogen and oxygen atoms in total. The average molecular weight is 632 g/mol. The number of hydrogen-bond acceptors (Lipinski definition) is 13. The van der Waals surface area contributed by atoms with Crippen molar-refractivity contribution in [3.63, 3.8) is 0 Å². The fraction of sp³-hybridized carbons (Fsp3) is 0.385. The first-order valence-electron chi connectivity index (χ1n) is 13.2. The predicted octanol–water partition coefficient (Wildman–Crippen LogP) is 0.532. The third kappa shape index (κ3) is 7.14. The number of rotatable bonds is 9. The number of anilines is 3. The van der Waals surface area contributed by atoms with Gasteiger partial charge in [0.25, 0.3) is 11.8 Å². The number of methoxy groups -OCH3 is 1. The molecule has 43 heavy (non-hydrogen) atoms. The molecule has 17 heteroatoms. The van der Waals surface area contributed by atoms with Crippen molar-refractivity contribution in [2.45, 2.75) is 25.9 Å². The van der Waals surface area contributed by atoms with Gasteiger partial charge in [0.2, 0.25) is 5.91 Å². The first-order chi connectivity index (χ1) is 20.4. The van der Waals surface area contributed by atoms with Gasteiger partial charge in [-0.05, 0) is 31.9 Å². The second kappa shape index (κ2) is 12.3. The molecule has 2 aromatic heterocycles. The molecule has 3 aromatic rings. The molecule has 1 aliphatic carbocycles. The lowest BCUT2D eigenvalue weighted by molar-refractivity contribution is -0.323. The zero-order chi connectivity index (χ0) is 30.9. The molecule has 228 valence electrons. The number of aliphatic hydroxyl groups is 3. The second-order valence-corrected chi connectivity index (χ2v) is 12.6. The minimum absolute atomic E-state index is 0.00744. The third-order valence-corrected chi connectivity index (χ3v) is 9.12. The first kappa shape index (κ1) is 30.4. The SMILES string of the molecule is COc1c(Nc2cc(NC(=O)C3CC3)nnc2C(=O)NC(O)(O)O)cccc1-c1nc(C)c(C(=O)N2CCS(=O)CC2)s1. The highest BCUT2D eigenvalue weighted by molar-refractivity contribution is 7.85. The van der Waals surface area contributed by atoms with E-state index >= 15 is 0 Å².